The average molecular weight is 411 g/mol. The van der Waals surface area contributed by atoms with Crippen LogP contribution in [0.15, 0.2) is 18.2 Å². The molecule has 0 aromatic heterocycles. The van der Waals surface area contributed by atoms with Crippen LogP contribution in [0.25, 0.3) is 0 Å². The number of carbonyl (C=O) groups is 2. The molecule has 0 aliphatic heterocycles. The maximum Gasteiger partial charge on any atom is 0.329 e. The van der Waals surface area contributed by atoms with Crippen molar-refractivity contribution in [2.75, 3.05) is 5.32 Å². The number of rotatable bonds is 5. The van der Waals surface area contributed by atoms with Gasteiger partial charge in [0, 0.05) is 8.59 Å². The summed E-state index contributed by atoms with van der Waals surface area (Å²) < 4.78 is 0.776. The maximum atomic E-state index is 11.9. The Labute approximate surface area is 136 Å². The van der Waals surface area contributed by atoms with E-state index in [0.29, 0.717) is 23.6 Å². The van der Waals surface area contributed by atoms with Crippen LogP contribution in [0, 0.1) is 3.57 Å². The molecule has 5 nitrogen and oxygen atoms in total. The first kappa shape index (κ1) is 17.0. The van der Waals surface area contributed by atoms with E-state index in [0.717, 1.165) is 3.57 Å². The number of urea groups is 1. The number of hydrogen-bond acceptors (Lipinski definition) is 2. The van der Waals surface area contributed by atoms with Crippen LogP contribution in [-0.4, -0.2) is 22.6 Å². The van der Waals surface area contributed by atoms with Crippen molar-refractivity contribution in [1.82, 2.24) is 5.32 Å². The second-order valence-corrected chi connectivity index (χ2v) is 6.19. The number of halogens is 2. The molecule has 20 heavy (non-hydrogen) atoms. The third kappa shape index (κ3) is 4.52. The van der Waals surface area contributed by atoms with Gasteiger partial charge in [-0.25, -0.2) is 9.59 Å². The third-order valence-corrected chi connectivity index (χ3v) is 3.92. The molecule has 0 saturated heterocycles. The van der Waals surface area contributed by atoms with Gasteiger partial charge in [0.1, 0.15) is 5.54 Å². The zero-order valence-electron chi connectivity index (χ0n) is 11.2. The van der Waals surface area contributed by atoms with E-state index < -0.39 is 17.5 Å². The van der Waals surface area contributed by atoms with Gasteiger partial charge < -0.3 is 15.7 Å². The molecule has 2 amide bonds. The number of carbonyl (C=O) groups excluding carboxylic acids is 1. The maximum absolute atomic E-state index is 11.9. The Morgan fingerprint density at radius 3 is 2.60 bits per heavy atom. The number of aliphatic carboxylic acids is 1. The second kappa shape index (κ2) is 7.12. The Kier molecular flexibility index (Phi) is 6.07. The molecule has 0 bridgehead atoms. The summed E-state index contributed by atoms with van der Waals surface area (Å²) in [5.41, 5.74) is -0.701. The first-order chi connectivity index (χ1) is 9.28. The normalized spacial score (nSPS) is 13.4. The summed E-state index contributed by atoms with van der Waals surface area (Å²) in [5.74, 6) is -1.06. The molecule has 0 heterocycles. The molecule has 110 valence electrons. The van der Waals surface area contributed by atoms with E-state index in [1.165, 1.54) is 6.92 Å². The van der Waals surface area contributed by atoms with E-state index >= 15 is 0 Å². The quantitative estimate of drug-likeness (QED) is 0.648. The number of carboxylic acids is 1. The second-order valence-electron chi connectivity index (χ2n) is 4.59. The Morgan fingerprint density at radius 1 is 1.45 bits per heavy atom. The lowest BCUT2D eigenvalue weighted by Gasteiger charge is -2.26. The minimum atomic E-state index is -1.28. The lowest BCUT2D eigenvalue weighted by atomic mass is 9.97. The van der Waals surface area contributed by atoms with Crippen molar-refractivity contribution < 1.29 is 14.7 Å². The summed E-state index contributed by atoms with van der Waals surface area (Å²) in [7, 11) is 0. The molecule has 0 aliphatic rings. The van der Waals surface area contributed by atoms with Crippen LogP contribution < -0.4 is 10.6 Å². The van der Waals surface area contributed by atoms with Crippen LogP contribution >= 0.6 is 34.2 Å². The fourth-order valence-corrected chi connectivity index (χ4v) is 2.72. The molecule has 0 fully saturated rings. The van der Waals surface area contributed by atoms with Crippen LogP contribution in [0.2, 0.25) is 5.02 Å². The highest BCUT2D eigenvalue weighted by molar-refractivity contribution is 14.1. The summed E-state index contributed by atoms with van der Waals surface area (Å²) >= 11 is 7.88. The third-order valence-electron chi connectivity index (χ3n) is 2.79. The highest BCUT2D eigenvalue weighted by Crippen LogP contribution is 2.22. The van der Waals surface area contributed by atoms with E-state index in [1.807, 2.05) is 29.5 Å². The van der Waals surface area contributed by atoms with Gasteiger partial charge in [-0.3, -0.25) is 0 Å². The molecule has 1 unspecified atom stereocenters. The minimum Gasteiger partial charge on any atom is -0.480 e. The molecule has 1 aromatic rings. The fraction of sp³-hybridized carbons (Fsp3) is 0.385. The number of anilines is 1. The van der Waals surface area contributed by atoms with Gasteiger partial charge in [0.15, 0.2) is 0 Å². The van der Waals surface area contributed by atoms with E-state index in [1.54, 1.807) is 18.2 Å². The van der Waals surface area contributed by atoms with Gasteiger partial charge >= 0.3 is 12.0 Å². The van der Waals surface area contributed by atoms with Crippen molar-refractivity contribution >= 4 is 51.9 Å². The van der Waals surface area contributed by atoms with Gasteiger partial charge in [0.05, 0.1) is 5.69 Å². The van der Waals surface area contributed by atoms with Crippen LogP contribution in [0.4, 0.5) is 10.5 Å². The summed E-state index contributed by atoms with van der Waals surface area (Å²) in [6.45, 7) is 3.36. The molecule has 3 N–H and O–H groups in total. The van der Waals surface area contributed by atoms with Crippen molar-refractivity contribution in [3.05, 3.63) is 26.8 Å². The minimum absolute atomic E-state index is 0.355. The topological polar surface area (TPSA) is 78.4 Å². The van der Waals surface area contributed by atoms with Crippen molar-refractivity contribution in [1.29, 1.82) is 0 Å². The Balaban J connectivity index is 2.78. The Morgan fingerprint density at radius 2 is 2.10 bits per heavy atom. The van der Waals surface area contributed by atoms with Crippen molar-refractivity contribution in [2.45, 2.75) is 32.2 Å². The first-order valence-electron chi connectivity index (χ1n) is 6.06. The number of benzene rings is 1. The van der Waals surface area contributed by atoms with E-state index in [9.17, 15) is 14.7 Å². The molecule has 1 aromatic carbocycles. The molecule has 0 spiro atoms. The molecule has 0 aliphatic carbocycles. The van der Waals surface area contributed by atoms with Crippen LogP contribution in [0.1, 0.15) is 26.7 Å². The zero-order chi connectivity index (χ0) is 15.3. The van der Waals surface area contributed by atoms with Gasteiger partial charge in [-0.15, -0.1) is 0 Å². The predicted molar refractivity (Wildman–Crippen MR) is 87.3 cm³/mol. The lowest BCUT2D eigenvalue weighted by molar-refractivity contribution is -0.143. The van der Waals surface area contributed by atoms with E-state index in [-0.39, 0.29) is 0 Å². The standard InChI is InChI=1S/C13H16ClIN2O3/c1-3-6-13(2,11(18)19)17-12(20)16-10-5-4-8(14)7-9(10)15/h4-5,7H,3,6H2,1-2H3,(H,18,19)(H2,16,17,20). The number of hydrogen-bond donors (Lipinski definition) is 3. The SMILES string of the molecule is CCCC(C)(NC(=O)Nc1ccc(Cl)cc1I)C(=O)O. The number of nitrogens with one attached hydrogen (secondary N) is 2. The molecular weight excluding hydrogens is 395 g/mol. The summed E-state index contributed by atoms with van der Waals surface area (Å²) in [5, 5.41) is 14.9. The predicted octanol–water partition coefficient (Wildman–Crippen LogP) is 3.71. The summed E-state index contributed by atoms with van der Waals surface area (Å²) in [4.78, 5) is 23.2. The monoisotopic (exact) mass is 410 g/mol. The van der Waals surface area contributed by atoms with Crippen LogP contribution in [0.5, 0.6) is 0 Å². The summed E-state index contributed by atoms with van der Waals surface area (Å²) in [6.07, 6.45) is 1.01. The van der Waals surface area contributed by atoms with Crippen molar-refractivity contribution in [3.63, 3.8) is 0 Å². The largest absolute Gasteiger partial charge is 0.480 e. The van der Waals surface area contributed by atoms with Crippen LogP contribution in [-0.2, 0) is 4.79 Å². The summed E-state index contributed by atoms with van der Waals surface area (Å²) in [6, 6.07) is 4.48. The van der Waals surface area contributed by atoms with Gasteiger partial charge in [-0.05, 0) is 54.1 Å². The Hall–Kier alpha value is -1.02. The Bertz CT molecular complexity index is 524. The smallest absolute Gasteiger partial charge is 0.329 e. The highest BCUT2D eigenvalue weighted by Gasteiger charge is 2.33. The van der Waals surface area contributed by atoms with Crippen molar-refractivity contribution in [2.24, 2.45) is 0 Å². The molecule has 7 heteroatoms. The van der Waals surface area contributed by atoms with E-state index in [2.05, 4.69) is 10.6 Å². The number of carboxylic acid groups (broad SMARTS) is 1. The zero-order valence-corrected chi connectivity index (χ0v) is 14.1. The molecular formula is C13H16ClIN2O3. The van der Waals surface area contributed by atoms with Gasteiger partial charge in [-0.1, -0.05) is 24.9 Å². The molecule has 0 radical (unpaired) electrons. The average Bonchev–Trinajstić information content (AvgIpc) is 2.32. The van der Waals surface area contributed by atoms with Gasteiger partial charge in [-0.2, -0.15) is 0 Å². The molecule has 0 saturated carbocycles. The highest BCUT2D eigenvalue weighted by atomic mass is 127. The molecule has 1 rings (SSSR count). The van der Waals surface area contributed by atoms with Gasteiger partial charge in [0.2, 0.25) is 0 Å². The van der Waals surface area contributed by atoms with Gasteiger partial charge in [0.25, 0.3) is 0 Å². The van der Waals surface area contributed by atoms with Crippen LogP contribution in [0.3, 0.4) is 0 Å². The van der Waals surface area contributed by atoms with Crippen molar-refractivity contribution in [3.8, 4) is 0 Å². The molecule has 1 atom stereocenters. The number of amides is 2. The van der Waals surface area contributed by atoms with E-state index in [4.69, 9.17) is 11.6 Å². The first-order valence-corrected chi connectivity index (χ1v) is 7.52. The fourth-order valence-electron chi connectivity index (χ4n) is 1.72. The lowest BCUT2D eigenvalue weighted by Crippen LogP contribution is -2.53.